The fourth-order valence-corrected chi connectivity index (χ4v) is 5.06. The number of nitrogens with zero attached hydrogens (tertiary/aromatic N) is 1. The third-order valence-electron chi connectivity index (χ3n) is 7.04. The Kier molecular flexibility index (Phi) is 12.1. The minimum Gasteiger partial charge on any atom is -0.443 e. The lowest BCUT2D eigenvalue weighted by Gasteiger charge is -2.48. The average Bonchev–Trinajstić information content (AvgIpc) is 3.00. The van der Waals surface area contributed by atoms with Crippen molar-refractivity contribution < 1.29 is 38.0 Å². The Balaban J connectivity index is 1.70. The number of methoxy groups -OCH3 is 1. The van der Waals surface area contributed by atoms with E-state index in [1.54, 1.807) is 20.8 Å². The first-order chi connectivity index (χ1) is 21.2. The number of imide groups is 1. The van der Waals surface area contributed by atoms with Gasteiger partial charge < -0.3 is 28.4 Å². The molecule has 0 aromatic heterocycles. The smallest absolute Gasteiger partial charge is 0.417 e. The first kappa shape index (κ1) is 33.3. The Morgan fingerprint density at radius 2 is 1.23 bits per heavy atom. The monoisotopic (exact) mass is 605 g/mol. The van der Waals surface area contributed by atoms with Crippen LogP contribution in [0.15, 0.2) is 91.0 Å². The lowest BCUT2D eigenvalue weighted by Crippen LogP contribution is -2.67. The van der Waals surface area contributed by atoms with Gasteiger partial charge in [-0.2, -0.15) is 0 Å². The summed E-state index contributed by atoms with van der Waals surface area (Å²) < 4.78 is 37.1. The molecule has 44 heavy (non-hydrogen) atoms. The molecular formula is C35H43NO8. The van der Waals surface area contributed by atoms with Crippen molar-refractivity contribution >= 4 is 12.0 Å². The molecule has 1 fully saturated rings. The van der Waals surface area contributed by atoms with Crippen LogP contribution in [-0.4, -0.2) is 66.9 Å². The number of ether oxygens (including phenoxy) is 6. The summed E-state index contributed by atoms with van der Waals surface area (Å²) in [6, 6.07) is 28.2. The highest BCUT2D eigenvalue weighted by atomic mass is 16.7. The van der Waals surface area contributed by atoms with Crippen molar-refractivity contribution in [3.8, 4) is 0 Å². The molecule has 1 aliphatic heterocycles. The largest absolute Gasteiger partial charge is 0.443 e. The second-order valence-electron chi connectivity index (χ2n) is 11.7. The molecule has 0 saturated carbocycles. The lowest BCUT2D eigenvalue weighted by atomic mass is 9.94. The zero-order valence-electron chi connectivity index (χ0n) is 26.1. The molecule has 3 aromatic carbocycles. The van der Waals surface area contributed by atoms with Crippen LogP contribution in [0, 0.1) is 0 Å². The standard InChI is InChI=1S/C35H43NO8/c1-25(37)36(34(38)44-35(2,3)4)30-32(42-23-28-19-13-8-14-20-28)31(41-22-27-17-11-7-12-18-27)29(43-33(30)39-5)24-40-21-26-15-9-6-10-16-26/h6-20,29-33H,21-24H2,1-5H3/t29-,30-,31-,32-,33-/m1/s1. The van der Waals surface area contributed by atoms with Gasteiger partial charge in [-0.3, -0.25) is 4.79 Å². The summed E-state index contributed by atoms with van der Waals surface area (Å²) >= 11 is 0. The van der Waals surface area contributed by atoms with E-state index in [4.69, 9.17) is 28.4 Å². The van der Waals surface area contributed by atoms with Gasteiger partial charge in [-0.05, 0) is 37.5 Å². The van der Waals surface area contributed by atoms with Gasteiger partial charge in [-0.1, -0.05) is 91.0 Å². The Labute approximate surface area is 260 Å². The van der Waals surface area contributed by atoms with Crippen molar-refractivity contribution in [3.05, 3.63) is 108 Å². The summed E-state index contributed by atoms with van der Waals surface area (Å²) in [5.41, 5.74) is 2.02. The third kappa shape index (κ3) is 9.45. The van der Waals surface area contributed by atoms with E-state index in [1.807, 2.05) is 91.0 Å². The Bertz CT molecular complexity index is 1300. The predicted octanol–water partition coefficient (Wildman–Crippen LogP) is 5.90. The summed E-state index contributed by atoms with van der Waals surface area (Å²) in [7, 11) is 1.46. The van der Waals surface area contributed by atoms with Gasteiger partial charge in [0, 0.05) is 14.0 Å². The highest BCUT2D eigenvalue weighted by Gasteiger charge is 2.53. The quantitative estimate of drug-likeness (QED) is 0.252. The molecule has 0 N–H and O–H groups in total. The Morgan fingerprint density at radius 1 is 0.750 bits per heavy atom. The molecule has 2 amide bonds. The topological polar surface area (TPSA) is 92.8 Å². The first-order valence-corrected chi connectivity index (χ1v) is 14.8. The van der Waals surface area contributed by atoms with Gasteiger partial charge >= 0.3 is 6.09 Å². The summed E-state index contributed by atoms with van der Waals surface area (Å²) in [4.78, 5) is 27.7. The van der Waals surface area contributed by atoms with E-state index >= 15 is 0 Å². The predicted molar refractivity (Wildman–Crippen MR) is 164 cm³/mol. The summed E-state index contributed by atoms with van der Waals surface area (Å²) in [6.45, 7) is 7.48. The van der Waals surface area contributed by atoms with Crippen molar-refractivity contribution in [3.63, 3.8) is 0 Å². The number of hydrogen-bond donors (Lipinski definition) is 0. The zero-order valence-corrected chi connectivity index (χ0v) is 26.1. The van der Waals surface area contributed by atoms with Crippen LogP contribution in [0.2, 0.25) is 0 Å². The van der Waals surface area contributed by atoms with E-state index in [1.165, 1.54) is 14.0 Å². The number of carbonyl (C=O) groups is 2. The van der Waals surface area contributed by atoms with E-state index < -0.39 is 48.2 Å². The van der Waals surface area contributed by atoms with Crippen LogP contribution in [0.1, 0.15) is 44.4 Å². The van der Waals surface area contributed by atoms with Gasteiger partial charge in [0.2, 0.25) is 5.91 Å². The normalized spacial score (nSPS) is 21.9. The Morgan fingerprint density at radius 3 is 1.68 bits per heavy atom. The number of carbonyl (C=O) groups excluding carboxylic acids is 2. The van der Waals surface area contributed by atoms with Gasteiger partial charge in [-0.25, -0.2) is 9.69 Å². The van der Waals surface area contributed by atoms with E-state index in [0.29, 0.717) is 6.61 Å². The van der Waals surface area contributed by atoms with E-state index in [-0.39, 0.29) is 19.8 Å². The molecule has 3 aromatic rings. The van der Waals surface area contributed by atoms with Crippen molar-refractivity contribution in [2.24, 2.45) is 0 Å². The molecular weight excluding hydrogens is 562 g/mol. The van der Waals surface area contributed by atoms with E-state index in [9.17, 15) is 9.59 Å². The lowest BCUT2D eigenvalue weighted by molar-refractivity contribution is -0.296. The first-order valence-electron chi connectivity index (χ1n) is 14.8. The fourth-order valence-electron chi connectivity index (χ4n) is 5.06. The molecule has 9 nitrogen and oxygen atoms in total. The van der Waals surface area contributed by atoms with Gasteiger partial charge in [0.25, 0.3) is 0 Å². The summed E-state index contributed by atoms with van der Waals surface area (Å²) in [5, 5.41) is 0. The number of rotatable bonds is 12. The van der Waals surface area contributed by atoms with Crippen LogP contribution in [0.25, 0.3) is 0 Å². The van der Waals surface area contributed by atoms with Gasteiger partial charge in [-0.15, -0.1) is 0 Å². The molecule has 4 rings (SSSR count). The second-order valence-corrected chi connectivity index (χ2v) is 11.7. The maximum Gasteiger partial charge on any atom is 0.417 e. The molecule has 0 spiro atoms. The van der Waals surface area contributed by atoms with Crippen LogP contribution in [0.5, 0.6) is 0 Å². The van der Waals surface area contributed by atoms with Gasteiger partial charge in [0.1, 0.15) is 30.0 Å². The van der Waals surface area contributed by atoms with Crippen molar-refractivity contribution in [2.75, 3.05) is 13.7 Å². The molecule has 1 heterocycles. The number of amides is 2. The summed E-state index contributed by atoms with van der Waals surface area (Å²) in [6.07, 6.45) is -4.14. The molecule has 0 radical (unpaired) electrons. The minimum absolute atomic E-state index is 0.151. The Hall–Kier alpha value is -3.60. The summed E-state index contributed by atoms with van der Waals surface area (Å²) in [5.74, 6) is -0.538. The van der Waals surface area contributed by atoms with Crippen LogP contribution in [0.3, 0.4) is 0 Å². The van der Waals surface area contributed by atoms with Crippen LogP contribution in [0.4, 0.5) is 4.79 Å². The molecule has 0 unspecified atom stereocenters. The van der Waals surface area contributed by atoms with Crippen LogP contribution in [-0.2, 0) is 53.0 Å². The van der Waals surface area contributed by atoms with Crippen molar-refractivity contribution in [2.45, 2.75) is 83.8 Å². The van der Waals surface area contributed by atoms with Crippen LogP contribution < -0.4 is 0 Å². The molecule has 1 saturated heterocycles. The highest BCUT2D eigenvalue weighted by molar-refractivity contribution is 5.91. The molecule has 0 bridgehead atoms. The molecule has 0 aliphatic carbocycles. The molecule has 9 heteroatoms. The van der Waals surface area contributed by atoms with Gasteiger partial charge in [0.15, 0.2) is 6.29 Å². The molecule has 1 aliphatic rings. The van der Waals surface area contributed by atoms with Gasteiger partial charge in [0.05, 0.1) is 26.4 Å². The number of benzene rings is 3. The fraction of sp³-hybridized carbons (Fsp3) is 0.429. The van der Waals surface area contributed by atoms with Crippen LogP contribution >= 0.6 is 0 Å². The average molecular weight is 606 g/mol. The van der Waals surface area contributed by atoms with E-state index in [2.05, 4.69) is 0 Å². The SMILES string of the molecule is CO[C@@H]1O[C@H](COCc2ccccc2)[C@@H](OCc2ccccc2)[C@H](OCc2ccccc2)[C@H]1N(C(C)=O)C(=O)OC(C)(C)C. The zero-order chi connectivity index (χ0) is 31.5. The minimum atomic E-state index is -1.05. The maximum atomic E-state index is 13.5. The van der Waals surface area contributed by atoms with E-state index in [0.717, 1.165) is 21.6 Å². The maximum absolute atomic E-state index is 13.5. The van der Waals surface area contributed by atoms with Crippen molar-refractivity contribution in [1.29, 1.82) is 0 Å². The second kappa shape index (κ2) is 15.9. The van der Waals surface area contributed by atoms with Crippen molar-refractivity contribution in [1.82, 2.24) is 4.90 Å². The molecule has 5 atom stereocenters. The molecule has 236 valence electrons. The highest BCUT2D eigenvalue weighted by Crippen LogP contribution is 2.33. The number of hydrogen-bond acceptors (Lipinski definition) is 8. The third-order valence-corrected chi connectivity index (χ3v) is 7.04.